The summed E-state index contributed by atoms with van der Waals surface area (Å²) in [5, 5.41) is 21.0. The molecule has 0 bridgehead atoms. The maximum Gasteiger partial charge on any atom is 0.100 e. The van der Waals surface area contributed by atoms with E-state index in [9.17, 15) is 5.11 Å². The molecule has 3 nitrogen and oxygen atoms in total. The summed E-state index contributed by atoms with van der Waals surface area (Å²) in [5.41, 5.74) is -0.950. The van der Waals surface area contributed by atoms with Crippen LogP contribution in [0.25, 0.3) is 0 Å². The first kappa shape index (κ1) is 17.4. The Balaban J connectivity index is 3.21. The molecule has 0 aliphatic carbocycles. The van der Waals surface area contributed by atoms with Gasteiger partial charge in [0.05, 0.1) is 6.21 Å². The summed E-state index contributed by atoms with van der Waals surface area (Å²) in [6, 6.07) is 0. The molecule has 2 N–H and O–H groups in total. The van der Waals surface area contributed by atoms with Gasteiger partial charge in [-0.2, -0.15) is 0 Å². The third-order valence-electron chi connectivity index (χ3n) is 3.37. The van der Waals surface area contributed by atoms with E-state index in [4.69, 9.17) is 5.21 Å². The molecule has 0 heterocycles. The van der Waals surface area contributed by atoms with Crippen molar-refractivity contribution in [1.82, 2.24) is 0 Å². The van der Waals surface area contributed by atoms with Crippen molar-refractivity contribution in [2.45, 2.75) is 90.1 Å². The first-order chi connectivity index (χ1) is 8.62. The van der Waals surface area contributed by atoms with Crippen LogP contribution in [0, 0.1) is 0 Å². The Hall–Kier alpha value is -0.570. The van der Waals surface area contributed by atoms with E-state index in [2.05, 4.69) is 12.1 Å². The van der Waals surface area contributed by atoms with Crippen molar-refractivity contribution in [3.8, 4) is 0 Å². The van der Waals surface area contributed by atoms with Crippen molar-refractivity contribution in [3.63, 3.8) is 0 Å². The number of unbranched alkanes of at least 4 members (excludes halogenated alkanes) is 9. The summed E-state index contributed by atoms with van der Waals surface area (Å²) in [5.74, 6) is 0. The summed E-state index contributed by atoms with van der Waals surface area (Å²) in [6.07, 6.45) is 14.8. The average molecular weight is 257 g/mol. The molecule has 18 heavy (non-hydrogen) atoms. The lowest BCUT2D eigenvalue weighted by molar-refractivity contribution is 0.120. The molecule has 0 saturated carbocycles. The Morgan fingerprint density at radius 1 is 0.889 bits per heavy atom. The second-order valence-corrected chi connectivity index (χ2v) is 5.53. The molecular formula is C15H31NO2. The maximum atomic E-state index is 9.73. The second-order valence-electron chi connectivity index (χ2n) is 5.53. The molecule has 108 valence electrons. The monoisotopic (exact) mass is 257 g/mol. The highest BCUT2D eigenvalue weighted by atomic mass is 16.4. The molecule has 1 unspecified atom stereocenters. The molecule has 0 aromatic rings. The minimum absolute atomic E-state index is 0.674. The van der Waals surface area contributed by atoms with E-state index in [1.54, 1.807) is 6.92 Å². The van der Waals surface area contributed by atoms with Crippen LogP contribution in [0.1, 0.15) is 84.5 Å². The summed E-state index contributed by atoms with van der Waals surface area (Å²) < 4.78 is 0. The number of hydrogen-bond acceptors (Lipinski definition) is 3. The number of aliphatic hydroxyl groups is 1. The highest BCUT2D eigenvalue weighted by Crippen LogP contribution is 2.15. The molecule has 0 fully saturated rings. The van der Waals surface area contributed by atoms with Crippen LogP contribution in [0.15, 0.2) is 5.16 Å². The molecule has 0 aromatic carbocycles. The fourth-order valence-electron chi connectivity index (χ4n) is 2.16. The summed E-state index contributed by atoms with van der Waals surface area (Å²) >= 11 is 0. The molecule has 0 rings (SSSR count). The van der Waals surface area contributed by atoms with E-state index in [1.165, 1.54) is 57.6 Å². The smallest absolute Gasteiger partial charge is 0.100 e. The fourth-order valence-corrected chi connectivity index (χ4v) is 2.16. The zero-order chi connectivity index (χ0) is 13.7. The van der Waals surface area contributed by atoms with Gasteiger partial charge in [0.25, 0.3) is 0 Å². The molecular weight excluding hydrogens is 226 g/mol. The van der Waals surface area contributed by atoms with Crippen molar-refractivity contribution >= 4 is 6.21 Å². The van der Waals surface area contributed by atoms with Gasteiger partial charge in [-0.15, -0.1) is 0 Å². The first-order valence-electron chi connectivity index (χ1n) is 7.53. The number of oxime groups is 1. The van der Waals surface area contributed by atoms with Crippen LogP contribution in [-0.4, -0.2) is 22.1 Å². The molecule has 0 amide bonds. The van der Waals surface area contributed by atoms with Crippen LogP contribution in [-0.2, 0) is 0 Å². The second kappa shape index (κ2) is 11.5. The lowest BCUT2D eigenvalue weighted by Gasteiger charge is -2.16. The molecule has 0 aliphatic rings. The van der Waals surface area contributed by atoms with E-state index in [0.717, 1.165) is 12.8 Å². The van der Waals surface area contributed by atoms with Crippen LogP contribution in [0.5, 0.6) is 0 Å². The highest BCUT2D eigenvalue weighted by molar-refractivity contribution is 5.66. The Bertz CT molecular complexity index is 203. The van der Waals surface area contributed by atoms with Gasteiger partial charge in [0.1, 0.15) is 5.60 Å². The molecule has 0 saturated heterocycles. The molecule has 0 radical (unpaired) electrons. The van der Waals surface area contributed by atoms with Gasteiger partial charge in [-0.3, -0.25) is 0 Å². The maximum absolute atomic E-state index is 9.73. The standard InChI is InChI=1S/C15H31NO2/c1-3-4-5-6-7-8-9-10-11-12-13-15(2,17)14-16-18/h14,17-18H,3-13H2,1-2H3. The van der Waals surface area contributed by atoms with Gasteiger partial charge in [0.15, 0.2) is 0 Å². The Labute approximate surface area is 112 Å². The summed E-state index contributed by atoms with van der Waals surface area (Å²) in [6.45, 7) is 3.93. The van der Waals surface area contributed by atoms with E-state index in [0.29, 0.717) is 6.42 Å². The fraction of sp³-hybridized carbons (Fsp3) is 0.933. The quantitative estimate of drug-likeness (QED) is 0.234. The zero-order valence-corrected chi connectivity index (χ0v) is 12.2. The highest BCUT2D eigenvalue weighted by Gasteiger charge is 2.16. The predicted octanol–water partition coefficient (Wildman–Crippen LogP) is 4.51. The Morgan fingerprint density at radius 3 is 1.78 bits per heavy atom. The Kier molecular flexibility index (Phi) is 11.2. The lowest BCUT2D eigenvalue weighted by Crippen LogP contribution is -2.25. The third kappa shape index (κ3) is 11.9. The van der Waals surface area contributed by atoms with Crippen LogP contribution in [0.3, 0.4) is 0 Å². The topological polar surface area (TPSA) is 52.8 Å². The van der Waals surface area contributed by atoms with E-state index in [1.807, 2.05) is 0 Å². The van der Waals surface area contributed by atoms with Crippen molar-refractivity contribution in [2.75, 3.05) is 0 Å². The van der Waals surface area contributed by atoms with E-state index >= 15 is 0 Å². The first-order valence-corrected chi connectivity index (χ1v) is 7.53. The molecule has 1 atom stereocenters. The van der Waals surface area contributed by atoms with Crippen molar-refractivity contribution < 1.29 is 10.3 Å². The molecule has 3 heteroatoms. The molecule has 0 aromatic heterocycles. The van der Waals surface area contributed by atoms with Gasteiger partial charge >= 0.3 is 0 Å². The normalized spacial score (nSPS) is 15.1. The molecule has 0 aliphatic heterocycles. The van der Waals surface area contributed by atoms with Crippen LogP contribution >= 0.6 is 0 Å². The minimum Gasteiger partial charge on any atom is -0.411 e. The van der Waals surface area contributed by atoms with Crippen molar-refractivity contribution in [1.29, 1.82) is 0 Å². The van der Waals surface area contributed by atoms with Gasteiger partial charge in [0.2, 0.25) is 0 Å². The van der Waals surface area contributed by atoms with Crippen LogP contribution in [0.4, 0.5) is 0 Å². The minimum atomic E-state index is -0.950. The van der Waals surface area contributed by atoms with Gasteiger partial charge < -0.3 is 10.3 Å². The SMILES string of the molecule is CCCCCCCCCCCCC(C)(O)C=NO. The van der Waals surface area contributed by atoms with E-state index < -0.39 is 5.60 Å². The molecule has 0 spiro atoms. The zero-order valence-electron chi connectivity index (χ0n) is 12.2. The third-order valence-corrected chi connectivity index (χ3v) is 3.37. The summed E-state index contributed by atoms with van der Waals surface area (Å²) in [7, 11) is 0. The largest absolute Gasteiger partial charge is 0.411 e. The van der Waals surface area contributed by atoms with Gasteiger partial charge in [-0.1, -0.05) is 76.3 Å². The van der Waals surface area contributed by atoms with Gasteiger partial charge in [-0.05, 0) is 13.3 Å². The number of rotatable bonds is 12. The number of hydrogen-bond donors (Lipinski definition) is 2. The van der Waals surface area contributed by atoms with E-state index in [-0.39, 0.29) is 0 Å². The van der Waals surface area contributed by atoms with Gasteiger partial charge in [-0.25, -0.2) is 0 Å². The van der Waals surface area contributed by atoms with Crippen LogP contribution in [0.2, 0.25) is 0 Å². The van der Waals surface area contributed by atoms with Gasteiger partial charge in [0, 0.05) is 0 Å². The van der Waals surface area contributed by atoms with Crippen molar-refractivity contribution in [2.24, 2.45) is 5.16 Å². The predicted molar refractivity (Wildman–Crippen MR) is 77.4 cm³/mol. The van der Waals surface area contributed by atoms with Crippen molar-refractivity contribution in [3.05, 3.63) is 0 Å². The lowest BCUT2D eigenvalue weighted by atomic mass is 9.98. The van der Waals surface area contributed by atoms with Crippen LogP contribution < -0.4 is 0 Å². The number of nitrogens with zero attached hydrogens (tertiary/aromatic N) is 1. The summed E-state index contributed by atoms with van der Waals surface area (Å²) in [4.78, 5) is 0. The average Bonchev–Trinajstić information content (AvgIpc) is 2.31. The Morgan fingerprint density at radius 2 is 1.33 bits per heavy atom.